The van der Waals surface area contributed by atoms with Crippen molar-refractivity contribution < 1.29 is 14.7 Å². The summed E-state index contributed by atoms with van der Waals surface area (Å²) in [7, 11) is 0. The number of rotatable bonds is 3. The minimum Gasteiger partial charge on any atom is -0.479 e. The molecule has 6 nitrogen and oxygen atoms in total. The zero-order valence-electron chi connectivity index (χ0n) is 11.6. The van der Waals surface area contributed by atoms with Crippen LogP contribution in [0.5, 0.6) is 0 Å². The molecule has 0 unspecified atom stereocenters. The van der Waals surface area contributed by atoms with E-state index in [9.17, 15) is 19.5 Å². The summed E-state index contributed by atoms with van der Waals surface area (Å²) in [5.41, 5.74) is -1.56. The third kappa shape index (κ3) is 2.48. The predicted molar refractivity (Wildman–Crippen MR) is 84.3 cm³/mol. The van der Waals surface area contributed by atoms with Crippen LogP contribution in [0.1, 0.15) is 16.9 Å². The molecular formula is C15H14N2O4S. The van der Waals surface area contributed by atoms with Gasteiger partial charge in [0.2, 0.25) is 0 Å². The van der Waals surface area contributed by atoms with Crippen molar-refractivity contribution >= 4 is 34.4 Å². The molecular weight excluding hydrogens is 304 g/mol. The van der Waals surface area contributed by atoms with Gasteiger partial charge in [-0.3, -0.25) is 9.59 Å². The molecule has 22 heavy (non-hydrogen) atoms. The maximum absolute atomic E-state index is 12.4. The normalized spacial score (nSPS) is 20.9. The minimum absolute atomic E-state index is 0.0706. The van der Waals surface area contributed by atoms with Gasteiger partial charge < -0.3 is 15.4 Å². The standard InChI is InChI=1S/C15H14N2O4S/c18-12-10-4-2-1-3-9(10)7-11(16-12)13(19)17-15(14(20)21)5-6-22-8-15/h1-4,7H,5-6,8H2,(H,16,18)(H,17,19)(H,20,21)/t15-/m0/s1. The highest BCUT2D eigenvalue weighted by Crippen LogP contribution is 2.28. The highest BCUT2D eigenvalue weighted by molar-refractivity contribution is 7.99. The van der Waals surface area contributed by atoms with E-state index in [1.165, 1.54) is 11.8 Å². The van der Waals surface area contributed by atoms with Crippen LogP contribution in [-0.2, 0) is 4.79 Å². The Morgan fingerprint density at radius 3 is 2.77 bits per heavy atom. The van der Waals surface area contributed by atoms with Gasteiger partial charge in [0.05, 0.1) is 0 Å². The molecule has 3 N–H and O–H groups in total. The number of thioether (sulfide) groups is 1. The zero-order valence-corrected chi connectivity index (χ0v) is 12.4. The fraction of sp³-hybridized carbons (Fsp3) is 0.267. The molecule has 1 aromatic carbocycles. The van der Waals surface area contributed by atoms with Gasteiger partial charge in [-0.25, -0.2) is 4.79 Å². The molecule has 1 aliphatic rings. The van der Waals surface area contributed by atoms with Crippen molar-refractivity contribution in [1.29, 1.82) is 0 Å². The largest absolute Gasteiger partial charge is 0.479 e. The third-order valence-electron chi connectivity index (χ3n) is 3.78. The number of nitrogens with one attached hydrogen (secondary N) is 2. The summed E-state index contributed by atoms with van der Waals surface area (Å²) in [4.78, 5) is 38.3. The van der Waals surface area contributed by atoms with Crippen LogP contribution in [0.25, 0.3) is 10.8 Å². The molecule has 0 radical (unpaired) electrons. The highest BCUT2D eigenvalue weighted by Gasteiger charge is 2.43. The van der Waals surface area contributed by atoms with E-state index in [0.717, 1.165) is 0 Å². The quantitative estimate of drug-likeness (QED) is 0.790. The van der Waals surface area contributed by atoms with Gasteiger partial charge in [0.15, 0.2) is 0 Å². The van der Waals surface area contributed by atoms with Crippen molar-refractivity contribution in [3.8, 4) is 0 Å². The molecule has 0 spiro atoms. The highest BCUT2D eigenvalue weighted by atomic mass is 32.2. The lowest BCUT2D eigenvalue weighted by atomic mass is 9.99. The number of aromatic nitrogens is 1. The summed E-state index contributed by atoms with van der Waals surface area (Å²) in [6.07, 6.45) is 0.372. The number of pyridine rings is 1. The Kier molecular flexibility index (Phi) is 3.66. The second-order valence-corrected chi connectivity index (χ2v) is 6.35. The van der Waals surface area contributed by atoms with Crippen LogP contribution in [-0.4, -0.2) is 39.0 Å². The van der Waals surface area contributed by atoms with Crippen LogP contribution in [0.2, 0.25) is 0 Å². The lowest BCUT2D eigenvalue weighted by Crippen LogP contribution is -2.55. The molecule has 3 rings (SSSR count). The number of aromatic amines is 1. The summed E-state index contributed by atoms with van der Waals surface area (Å²) in [5, 5.41) is 13.1. The number of fused-ring (bicyclic) bond motifs is 1. The number of carbonyl (C=O) groups excluding carboxylic acids is 1. The molecule has 7 heteroatoms. The van der Waals surface area contributed by atoms with Crippen LogP contribution < -0.4 is 10.9 Å². The van der Waals surface area contributed by atoms with Crippen molar-refractivity contribution in [3.05, 3.63) is 46.4 Å². The van der Waals surface area contributed by atoms with E-state index in [1.54, 1.807) is 30.3 Å². The Labute approximate surface area is 129 Å². The number of aliphatic carboxylic acids is 1. The molecule has 0 bridgehead atoms. The summed E-state index contributed by atoms with van der Waals surface area (Å²) < 4.78 is 0. The number of H-pyrrole nitrogens is 1. The fourth-order valence-corrected chi connectivity index (χ4v) is 3.83. The number of carboxylic acid groups (broad SMARTS) is 1. The topological polar surface area (TPSA) is 99.3 Å². The molecule has 114 valence electrons. The zero-order chi connectivity index (χ0) is 15.7. The molecule has 1 aromatic heterocycles. The monoisotopic (exact) mass is 318 g/mol. The number of amides is 1. The van der Waals surface area contributed by atoms with Gasteiger partial charge in [-0.1, -0.05) is 18.2 Å². The van der Waals surface area contributed by atoms with E-state index >= 15 is 0 Å². The number of hydrogen-bond donors (Lipinski definition) is 3. The van der Waals surface area contributed by atoms with Crippen molar-refractivity contribution in [2.75, 3.05) is 11.5 Å². The Morgan fingerprint density at radius 2 is 2.09 bits per heavy atom. The minimum atomic E-state index is -1.26. The second kappa shape index (κ2) is 5.49. The van der Waals surface area contributed by atoms with Gasteiger partial charge in [-0.15, -0.1) is 0 Å². The average Bonchev–Trinajstić information content (AvgIpc) is 2.97. The number of benzene rings is 1. The SMILES string of the molecule is O=C(N[C@@]1(C(=O)O)CCSC1)c1cc2ccccc2c(=O)[nH]1. The van der Waals surface area contributed by atoms with Crippen molar-refractivity contribution in [1.82, 2.24) is 10.3 Å². The molecule has 1 amide bonds. The Hall–Kier alpha value is -2.28. The van der Waals surface area contributed by atoms with E-state index in [0.29, 0.717) is 28.7 Å². The summed E-state index contributed by atoms with van der Waals surface area (Å²) >= 11 is 1.48. The Balaban J connectivity index is 1.95. The maximum atomic E-state index is 12.4. The number of carboxylic acids is 1. The molecule has 2 heterocycles. The fourth-order valence-electron chi connectivity index (χ4n) is 2.50. The van der Waals surface area contributed by atoms with E-state index in [4.69, 9.17) is 0 Å². The maximum Gasteiger partial charge on any atom is 0.330 e. The van der Waals surface area contributed by atoms with E-state index in [1.807, 2.05) is 0 Å². The first kappa shape index (κ1) is 14.6. The van der Waals surface area contributed by atoms with Gasteiger partial charge in [-0.05, 0) is 29.7 Å². The first-order valence-electron chi connectivity index (χ1n) is 6.78. The number of hydrogen-bond acceptors (Lipinski definition) is 4. The molecule has 2 aromatic rings. The molecule has 1 aliphatic heterocycles. The average molecular weight is 318 g/mol. The molecule has 1 atom stereocenters. The van der Waals surface area contributed by atoms with Crippen molar-refractivity contribution in [2.45, 2.75) is 12.0 Å². The van der Waals surface area contributed by atoms with E-state index in [-0.39, 0.29) is 11.3 Å². The summed E-state index contributed by atoms with van der Waals surface area (Å²) in [5.74, 6) is -0.617. The van der Waals surface area contributed by atoms with Crippen LogP contribution in [0.3, 0.4) is 0 Å². The van der Waals surface area contributed by atoms with Crippen LogP contribution in [0.4, 0.5) is 0 Å². The molecule has 0 aliphatic carbocycles. The molecule has 0 saturated carbocycles. The predicted octanol–water partition coefficient (Wildman–Crippen LogP) is 1.22. The van der Waals surface area contributed by atoms with Gasteiger partial charge in [-0.2, -0.15) is 11.8 Å². The van der Waals surface area contributed by atoms with Gasteiger partial charge in [0, 0.05) is 11.1 Å². The summed E-state index contributed by atoms with van der Waals surface area (Å²) in [6, 6.07) is 8.48. The number of carbonyl (C=O) groups is 2. The first-order valence-corrected chi connectivity index (χ1v) is 7.93. The van der Waals surface area contributed by atoms with Crippen molar-refractivity contribution in [3.63, 3.8) is 0 Å². The Morgan fingerprint density at radius 1 is 1.32 bits per heavy atom. The van der Waals surface area contributed by atoms with Crippen LogP contribution >= 0.6 is 11.8 Å². The Bertz CT molecular complexity index is 809. The smallest absolute Gasteiger partial charge is 0.330 e. The lowest BCUT2D eigenvalue weighted by molar-refractivity contribution is -0.143. The summed E-state index contributed by atoms with van der Waals surface area (Å²) in [6.45, 7) is 0. The molecule has 1 fully saturated rings. The van der Waals surface area contributed by atoms with Gasteiger partial charge >= 0.3 is 5.97 Å². The van der Waals surface area contributed by atoms with Crippen LogP contribution in [0.15, 0.2) is 35.1 Å². The van der Waals surface area contributed by atoms with E-state index in [2.05, 4.69) is 10.3 Å². The van der Waals surface area contributed by atoms with Gasteiger partial charge in [0.1, 0.15) is 11.2 Å². The third-order valence-corrected chi connectivity index (χ3v) is 4.97. The van der Waals surface area contributed by atoms with Gasteiger partial charge in [0.25, 0.3) is 11.5 Å². The van der Waals surface area contributed by atoms with E-state index < -0.39 is 17.4 Å². The second-order valence-electron chi connectivity index (χ2n) is 5.24. The first-order chi connectivity index (χ1) is 10.5. The lowest BCUT2D eigenvalue weighted by Gasteiger charge is -2.24. The van der Waals surface area contributed by atoms with Crippen LogP contribution in [0, 0.1) is 0 Å². The molecule has 1 saturated heterocycles. The van der Waals surface area contributed by atoms with Crippen molar-refractivity contribution in [2.24, 2.45) is 0 Å².